The molecule has 118 valence electrons. The average molecular weight is 308 g/mol. The van der Waals surface area contributed by atoms with Gasteiger partial charge >= 0.3 is 0 Å². The van der Waals surface area contributed by atoms with Crippen LogP contribution in [0.4, 0.5) is 5.95 Å². The largest absolute Gasteiger partial charge is 0.340 e. The molecule has 1 fully saturated rings. The summed E-state index contributed by atoms with van der Waals surface area (Å²) in [6.07, 6.45) is 4.05. The van der Waals surface area contributed by atoms with Gasteiger partial charge in [0.1, 0.15) is 0 Å². The second-order valence-corrected chi connectivity index (χ2v) is 6.25. The molecule has 4 rings (SSSR count). The number of aromatic nitrogens is 5. The van der Waals surface area contributed by atoms with Crippen LogP contribution in [-0.4, -0.2) is 38.2 Å². The van der Waals surface area contributed by atoms with Gasteiger partial charge in [0.25, 0.3) is 0 Å². The lowest BCUT2D eigenvalue weighted by molar-refractivity contribution is 0.496. The number of hydrogen-bond acceptors (Lipinski definition) is 5. The van der Waals surface area contributed by atoms with Crippen molar-refractivity contribution >= 4 is 17.0 Å². The van der Waals surface area contributed by atoms with Crippen LogP contribution >= 0.6 is 0 Å². The van der Waals surface area contributed by atoms with E-state index in [1.165, 1.54) is 5.69 Å². The van der Waals surface area contributed by atoms with Crippen LogP contribution in [0.15, 0.2) is 24.4 Å². The van der Waals surface area contributed by atoms with Crippen LogP contribution in [0.25, 0.3) is 11.0 Å². The number of pyridine rings is 1. The van der Waals surface area contributed by atoms with Crippen molar-refractivity contribution in [1.29, 1.82) is 0 Å². The summed E-state index contributed by atoms with van der Waals surface area (Å²) in [4.78, 5) is 15.8. The van der Waals surface area contributed by atoms with Gasteiger partial charge < -0.3 is 4.90 Å². The fourth-order valence-corrected chi connectivity index (χ4v) is 3.42. The van der Waals surface area contributed by atoms with Gasteiger partial charge in [0.15, 0.2) is 5.65 Å². The molecule has 0 bridgehead atoms. The normalized spacial score (nSPS) is 18.5. The van der Waals surface area contributed by atoms with Crippen LogP contribution in [-0.2, 0) is 0 Å². The molecule has 0 aliphatic carbocycles. The highest BCUT2D eigenvalue weighted by Gasteiger charge is 2.26. The van der Waals surface area contributed by atoms with Crippen molar-refractivity contribution in [2.75, 3.05) is 18.0 Å². The smallest absolute Gasteiger partial charge is 0.225 e. The van der Waals surface area contributed by atoms with E-state index in [4.69, 9.17) is 0 Å². The Morgan fingerprint density at radius 1 is 1.22 bits per heavy atom. The van der Waals surface area contributed by atoms with Gasteiger partial charge in [-0.3, -0.25) is 5.10 Å². The molecule has 0 radical (unpaired) electrons. The molecule has 0 saturated carbocycles. The van der Waals surface area contributed by atoms with Crippen molar-refractivity contribution in [3.05, 3.63) is 41.5 Å². The molecule has 1 aliphatic heterocycles. The van der Waals surface area contributed by atoms with E-state index in [-0.39, 0.29) is 0 Å². The second kappa shape index (κ2) is 5.61. The van der Waals surface area contributed by atoms with Gasteiger partial charge in [0.2, 0.25) is 5.95 Å². The predicted molar refractivity (Wildman–Crippen MR) is 89.6 cm³/mol. The quantitative estimate of drug-likeness (QED) is 0.788. The molecule has 0 unspecified atom stereocenters. The lowest BCUT2D eigenvalue weighted by atomic mass is 9.93. The van der Waals surface area contributed by atoms with Gasteiger partial charge in [-0.1, -0.05) is 0 Å². The Bertz CT molecular complexity index is 820. The highest BCUT2D eigenvalue weighted by molar-refractivity contribution is 5.78. The highest BCUT2D eigenvalue weighted by Crippen LogP contribution is 2.31. The van der Waals surface area contributed by atoms with Crippen LogP contribution in [0.5, 0.6) is 0 Å². The maximum atomic E-state index is 4.61. The minimum atomic E-state index is 0.405. The maximum absolute atomic E-state index is 4.61. The summed E-state index contributed by atoms with van der Waals surface area (Å²) in [7, 11) is 0. The minimum absolute atomic E-state index is 0.405. The molecule has 1 N–H and O–H groups in total. The Balaban J connectivity index is 1.64. The maximum Gasteiger partial charge on any atom is 0.225 e. The van der Waals surface area contributed by atoms with Gasteiger partial charge in [-0.2, -0.15) is 5.10 Å². The number of nitrogens with zero attached hydrogens (tertiary/aromatic N) is 5. The van der Waals surface area contributed by atoms with Gasteiger partial charge in [-0.15, -0.1) is 0 Å². The first-order chi connectivity index (χ1) is 11.2. The molecule has 1 aliphatic rings. The molecule has 1 atom stereocenters. The number of H-pyrrole nitrogens is 1. The van der Waals surface area contributed by atoms with E-state index >= 15 is 0 Å². The van der Waals surface area contributed by atoms with Gasteiger partial charge in [0.05, 0.1) is 0 Å². The zero-order valence-corrected chi connectivity index (χ0v) is 13.5. The molecule has 4 heterocycles. The third kappa shape index (κ3) is 2.65. The van der Waals surface area contributed by atoms with Crippen molar-refractivity contribution in [3.63, 3.8) is 0 Å². The highest BCUT2D eigenvalue weighted by atomic mass is 15.3. The molecule has 0 spiro atoms. The Hall–Kier alpha value is -2.50. The molecule has 23 heavy (non-hydrogen) atoms. The number of hydrogen-bond donors (Lipinski definition) is 1. The lowest BCUT2D eigenvalue weighted by Crippen LogP contribution is -2.36. The van der Waals surface area contributed by atoms with Gasteiger partial charge in [-0.05, 0) is 44.9 Å². The van der Waals surface area contributed by atoms with E-state index in [9.17, 15) is 0 Å². The van der Waals surface area contributed by atoms with Crippen LogP contribution in [0, 0.1) is 13.8 Å². The van der Waals surface area contributed by atoms with Crippen molar-refractivity contribution in [2.45, 2.75) is 32.6 Å². The molecule has 0 amide bonds. The lowest BCUT2D eigenvalue weighted by Gasteiger charge is -2.32. The average Bonchev–Trinajstić information content (AvgIpc) is 2.98. The number of aryl methyl sites for hydroxylation is 2. The van der Waals surface area contributed by atoms with Crippen LogP contribution in [0.2, 0.25) is 0 Å². The molecule has 3 aromatic rings. The number of rotatable bonds is 2. The SMILES string of the molecule is Cc1cc(C)nc(N2CCC[C@H](c3[nH]nc4ncccc34)C2)n1. The fraction of sp³-hybridized carbons (Fsp3) is 0.412. The molecule has 6 heteroatoms. The van der Waals surface area contributed by atoms with E-state index in [2.05, 4.69) is 36.1 Å². The summed E-state index contributed by atoms with van der Waals surface area (Å²) in [6, 6.07) is 6.07. The number of nitrogens with one attached hydrogen (secondary N) is 1. The molecular formula is C17H20N6. The van der Waals surface area contributed by atoms with Crippen LogP contribution in [0.1, 0.15) is 35.8 Å². The van der Waals surface area contributed by atoms with E-state index in [0.717, 1.165) is 54.3 Å². The first-order valence-corrected chi connectivity index (χ1v) is 8.07. The van der Waals surface area contributed by atoms with E-state index in [0.29, 0.717) is 5.92 Å². The Morgan fingerprint density at radius 2 is 2.04 bits per heavy atom. The summed E-state index contributed by atoms with van der Waals surface area (Å²) >= 11 is 0. The van der Waals surface area contributed by atoms with Crippen molar-refractivity contribution in [1.82, 2.24) is 25.1 Å². The number of piperidine rings is 1. The second-order valence-electron chi connectivity index (χ2n) is 6.25. The van der Waals surface area contributed by atoms with Crippen molar-refractivity contribution < 1.29 is 0 Å². The molecule has 1 saturated heterocycles. The van der Waals surface area contributed by atoms with Gasteiger partial charge in [0, 0.05) is 47.7 Å². The van der Waals surface area contributed by atoms with E-state index in [1.807, 2.05) is 26.0 Å². The zero-order valence-electron chi connectivity index (χ0n) is 13.5. The van der Waals surface area contributed by atoms with E-state index < -0.39 is 0 Å². The Morgan fingerprint density at radius 3 is 2.87 bits per heavy atom. The Labute approximate surface area is 135 Å². The first-order valence-electron chi connectivity index (χ1n) is 8.07. The topological polar surface area (TPSA) is 70.6 Å². The molecule has 6 nitrogen and oxygen atoms in total. The summed E-state index contributed by atoms with van der Waals surface area (Å²) in [5.41, 5.74) is 4.01. The number of anilines is 1. The first kappa shape index (κ1) is 14.1. The van der Waals surface area contributed by atoms with Crippen molar-refractivity contribution in [3.8, 4) is 0 Å². The van der Waals surface area contributed by atoms with E-state index in [1.54, 1.807) is 6.20 Å². The number of aromatic amines is 1. The predicted octanol–water partition coefficient (Wildman–Crippen LogP) is 2.75. The summed E-state index contributed by atoms with van der Waals surface area (Å²) in [5.74, 6) is 1.25. The molecular weight excluding hydrogens is 288 g/mol. The van der Waals surface area contributed by atoms with Crippen molar-refractivity contribution in [2.24, 2.45) is 0 Å². The summed E-state index contributed by atoms with van der Waals surface area (Å²) in [5, 5.41) is 8.66. The third-order valence-electron chi connectivity index (χ3n) is 4.44. The van der Waals surface area contributed by atoms with Crippen LogP contribution < -0.4 is 4.90 Å². The van der Waals surface area contributed by atoms with Gasteiger partial charge in [-0.25, -0.2) is 15.0 Å². The zero-order chi connectivity index (χ0) is 15.8. The molecule has 0 aromatic carbocycles. The minimum Gasteiger partial charge on any atom is -0.340 e. The molecule has 3 aromatic heterocycles. The monoisotopic (exact) mass is 308 g/mol. The standard InChI is InChI=1S/C17H20N6/c1-11-9-12(2)20-17(19-11)23-8-4-5-13(10-23)15-14-6-3-7-18-16(14)22-21-15/h3,6-7,9,13H,4-5,8,10H2,1-2H3,(H,18,21,22)/t13-/m0/s1. The third-order valence-corrected chi connectivity index (χ3v) is 4.44. The summed E-state index contributed by atoms with van der Waals surface area (Å²) in [6.45, 7) is 5.96. The Kier molecular flexibility index (Phi) is 3.44. The summed E-state index contributed by atoms with van der Waals surface area (Å²) < 4.78 is 0. The fourth-order valence-electron chi connectivity index (χ4n) is 3.42. The number of fused-ring (bicyclic) bond motifs is 1. The van der Waals surface area contributed by atoms with Crippen LogP contribution in [0.3, 0.4) is 0 Å².